The predicted molar refractivity (Wildman–Crippen MR) is 137 cm³/mol. The van der Waals surface area contributed by atoms with E-state index in [4.69, 9.17) is 10.7 Å². The second-order valence-corrected chi connectivity index (χ2v) is 10.4. The van der Waals surface area contributed by atoms with Crippen molar-refractivity contribution in [1.82, 2.24) is 20.3 Å². The van der Waals surface area contributed by atoms with E-state index in [1.165, 1.54) is 0 Å². The summed E-state index contributed by atoms with van der Waals surface area (Å²) in [5.74, 6) is 1.08. The smallest absolute Gasteiger partial charge is 0.289 e. The summed E-state index contributed by atoms with van der Waals surface area (Å²) < 4.78 is 0. The summed E-state index contributed by atoms with van der Waals surface area (Å²) in [6.45, 7) is 8.81. The number of hydrogen-bond donors (Lipinski definition) is 4. The van der Waals surface area contributed by atoms with Gasteiger partial charge in [0.25, 0.3) is 5.91 Å². The number of carbonyl (C=O) groups is 1. The summed E-state index contributed by atoms with van der Waals surface area (Å²) in [7, 11) is 0. The van der Waals surface area contributed by atoms with Crippen molar-refractivity contribution in [1.29, 1.82) is 0 Å². The number of nitrogens with two attached hydrogens (primary N) is 1. The van der Waals surface area contributed by atoms with Crippen LogP contribution >= 0.6 is 0 Å². The molecule has 0 unspecified atom stereocenters. The van der Waals surface area contributed by atoms with Gasteiger partial charge in [-0.15, -0.1) is 0 Å². The molecule has 180 valence electrons. The number of anilines is 1. The van der Waals surface area contributed by atoms with Crippen LogP contribution in [0.5, 0.6) is 0 Å². The van der Waals surface area contributed by atoms with E-state index < -0.39 is 0 Å². The lowest BCUT2D eigenvalue weighted by molar-refractivity contribution is 0.0929. The second-order valence-electron chi connectivity index (χ2n) is 10.4. The van der Waals surface area contributed by atoms with E-state index in [0.717, 1.165) is 47.8 Å². The second kappa shape index (κ2) is 9.83. The summed E-state index contributed by atoms with van der Waals surface area (Å²) >= 11 is 0. The van der Waals surface area contributed by atoms with Crippen LogP contribution < -0.4 is 16.4 Å². The Kier molecular flexibility index (Phi) is 6.86. The molecule has 5 N–H and O–H groups in total. The lowest BCUT2D eigenvalue weighted by Gasteiger charge is -2.30. The summed E-state index contributed by atoms with van der Waals surface area (Å²) in [6, 6.07) is 9.92. The minimum atomic E-state index is -0.269. The first-order valence-electron chi connectivity index (χ1n) is 12.0. The molecule has 0 aliphatic heterocycles. The molecule has 0 saturated heterocycles. The topological polar surface area (TPSA) is 121 Å². The Morgan fingerprint density at radius 2 is 2.00 bits per heavy atom. The van der Waals surface area contributed by atoms with Crippen molar-refractivity contribution in [2.45, 2.75) is 65.5 Å². The monoisotopic (exact) mass is 461 g/mol. The first kappa shape index (κ1) is 23.7. The molecule has 0 spiro atoms. The molecule has 8 nitrogen and oxygen atoms in total. The van der Waals surface area contributed by atoms with Gasteiger partial charge in [0.1, 0.15) is 11.7 Å². The van der Waals surface area contributed by atoms with Crippen LogP contribution in [-0.4, -0.2) is 45.3 Å². The number of amides is 1. The molecule has 1 aromatic carbocycles. The Bertz CT molecular complexity index is 1180. The van der Waals surface area contributed by atoms with Gasteiger partial charge in [-0.2, -0.15) is 0 Å². The first-order chi connectivity index (χ1) is 16.2. The van der Waals surface area contributed by atoms with E-state index in [2.05, 4.69) is 52.4 Å². The highest BCUT2D eigenvalue weighted by molar-refractivity contribution is 5.97. The van der Waals surface area contributed by atoms with Crippen LogP contribution in [0.4, 0.5) is 5.82 Å². The van der Waals surface area contributed by atoms with Crippen molar-refractivity contribution < 1.29 is 4.79 Å². The van der Waals surface area contributed by atoms with Gasteiger partial charge in [0, 0.05) is 24.2 Å². The summed E-state index contributed by atoms with van der Waals surface area (Å²) in [6.07, 6.45) is 5.95. The third-order valence-corrected chi connectivity index (χ3v) is 6.06. The predicted octanol–water partition coefficient (Wildman–Crippen LogP) is 4.17. The number of nitrogens with zero attached hydrogens (tertiary/aromatic N) is 3. The molecule has 8 heteroatoms. The standard InChI is InChI=1S/C26H35N7O/c1-16-11-12-18-17(14-16)23(33-24(31-18)25(34)29-15-26(2,3)4)32-20-9-6-5-8-19(20)30-22(27)21-10-7-13-28-21/h7,10-14,19-20,28H,5-6,8-9,15H2,1-4H3,(H2,27,30)(H,29,34)(H,31,32,33)/t19-,20+/m1/s1. The lowest BCUT2D eigenvalue weighted by Crippen LogP contribution is -2.38. The molecule has 0 radical (unpaired) electrons. The van der Waals surface area contributed by atoms with Crippen LogP contribution in [0.15, 0.2) is 41.5 Å². The number of nitrogens with one attached hydrogen (secondary N) is 3. The summed E-state index contributed by atoms with van der Waals surface area (Å²) in [5, 5.41) is 7.48. The van der Waals surface area contributed by atoms with Gasteiger partial charge in [-0.05, 0) is 49.4 Å². The normalized spacial score (nSPS) is 19.2. The van der Waals surface area contributed by atoms with Crippen LogP contribution in [0.25, 0.3) is 10.9 Å². The molecule has 4 rings (SSSR count). The molecule has 3 aromatic rings. The fourth-order valence-corrected chi connectivity index (χ4v) is 4.23. The van der Waals surface area contributed by atoms with E-state index in [1.54, 1.807) is 0 Å². The number of benzene rings is 1. The van der Waals surface area contributed by atoms with Crippen LogP contribution in [-0.2, 0) is 0 Å². The van der Waals surface area contributed by atoms with Crippen molar-refractivity contribution in [2.75, 3.05) is 11.9 Å². The van der Waals surface area contributed by atoms with Gasteiger partial charge in [-0.1, -0.05) is 45.2 Å². The van der Waals surface area contributed by atoms with Gasteiger partial charge >= 0.3 is 0 Å². The molecular weight excluding hydrogens is 426 g/mol. The highest BCUT2D eigenvalue weighted by atomic mass is 16.2. The maximum Gasteiger partial charge on any atom is 0.289 e. The zero-order chi connectivity index (χ0) is 24.3. The number of carbonyl (C=O) groups excluding carboxylic acids is 1. The van der Waals surface area contributed by atoms with Gasteiger partial charge in [-0.3, -0.25) is 9.79 Å². The van der Waals surface area contributed by atoms with Gasteiger partial charge in [0.05, 0.1) is 17.3 Å². The minimum absolute atomic E-state index is 0.0186. The zero-order valence-electron chi connectivity index (χ0n) is 20.5. The molecule has 1 aliphatic rings. The van der Waals surface area contributed by atoms with E-state index in [9.17, 15) is 4.79 Å². The Morgan fingerprint density at radius 1 is 1.21 bits per heavy atom. The molecule has 0 bridgehead atoms. The van der Waals surface area contributed by atoms with Crippen LogP contribution in [0.2, 0.25) is 0 Å². The van der Waals surface area contributed by atoms with Gasteiger partial charge in [0.15, 0.2) is 0 Å². The maximum atomic E-state index is 12.9. The fourth-order valence-electron chi connectivity index (χ4n) is 4.23. The molecule has 2 heterocycles. The van der Waals surface area contributed by atoms with Gasteiger partial charge in [0.2, 0.25) is 5.82 Å². The molecule has 2 atom stereocenters. The molecule has 34 heavy (non-hydrogen) atoms. The van der Waals surface area contributed by atoms with Crippen molar-refractivity contribution in [3.8, 4) is 0 Å². The van der Waals surface area contributed by atoms with E-state index in [-0.39, 0.29) is 29.2 Å². The third kappa shape index (κ3) is 5.73. The molecular formula is C26H35N7O. The fraction of sp³-hybridized carbons (Fsp3) is 0.462. The van der Waals surface area contributed by atoms with Gasteiger partial charge < -0.3 is 21.4 Å². The van der Waals surface area contributed by atoms with Gasteiger partial charge in [-0.25, -0.2) is 9.97 Å². The number of aryl methyl sites for hydroxylation is 1. The largest absolute Gasteiger partial charge is 0.382 e. The SMILES string of the molecule is Cc1ccc2nc(C(=O)NCC(C)(C)C)nc(N[C@H]3CCCC[C@H]3N=C(N)c3ccc[nH]3)c2c1. The number of fused-ring (bicyclic) bond motifs is 1. The third-order valence-electron chi connectivity index (χ3n) is 6.06. The Morgan fingerprint density at radius 3 is 2.74 bits per heavy atom. The average molecular weight is 462 g/mol. The Labute approximate surface area is 200 Å². The molecule has 2 aromatic heterocycles. The van der Waals surface area contributed by atoms with E-state index >= 15 is 0 Å². The molecule has 1 aliphatic carbocycles. The Balaban J connectivity index is 1.65. The minimum Gasteiger partial charge on any atom is -0.382 e. The summed E-state index contributed by atoms with van der Waals surface area (Å²) in [4.78, 5) is 30.1. The number of hydrogen-bond acceptors (Lipinski definition) is 5. The van der Waals surface area contributed by atoms with E-state index in [1.807, 2.05) is 37.4 Å². The maximum absolute atomic E-state index is 12.9. The number of amidine groups is 1. The van der Waals surface area contributed by atoms with Crippen LogP contribution in [0.1, 0.15) is 68.3 Å². The quantitative estimate of drug-likeness (QED) is 0.324. The number of H-pyrrole nitrogens is 1. The highest BCUT2D eigenvalue weighted by Crippen LogP contribution is 2.28. The number of aromatic nitrogens is 3. The zero-order valence-corrected chi connectivity index (χ0v) is 20.5. The van der Waals surface area contributed by atoms with Crippen LogP contribution in [0.3, 0.4) is 0 Å². The van der Waals surface area contributed by atoms with Crippen molar-refractivity contribution in [3.05, 3.63) is 53.6 Å². The number of aromatic amines is 1. The highest BCUT2D eigenvalue weighted by Gasteiger charge is 2.27. The van der Waals surface area contributed by atoms with Crippen molar-refractivity contribution in [3.63, 3.8) is 0 Å². The summed E-state index contributed by atoms with van der Waals surface area (Å²) in [5.41, 5.74) is 8.93. The molecule has 1 amide bonds. The number of rotatable bonds is 6. The first-order valence-corrected chi connectivity index (χ1v) is 12.0. The lowest BCUT2D eigenvalue weighted by atomic mass is 9.90. The molecule has 1 fully saturated rings. The van der Waals surface area contributed by atoms with Crippen molar-refractivity contribution >= 4 is 28.5 Å². The number of aliphatic imine (C=N–C) groups is 1. The van der Waals surface area contributed by atoms with Crippen LogP contribution in [0, 0.1) is 12.3 Å². The van der Waals surface area contributed by atoms with Crippen molar-refractivity contribution in [2.24, 2.45) is 16.1 Å². The van der Waals surface area contributed by atoms with E-state index in [0.29, 0.717) is 18.2 Å². The Hall–Kier alpha value is -3.42. The molecule has 1 saturated carbocycles. The average Bonchev–Trinajstić information content (AvgIpc) is 3.33.